The van der Waals surface area contributed by atoms with Gasteiger partial charge in [-0.05, 0) is 77.2 Å². The van der Waals surface area contributed by atoms with E-state index in [1.54, 1.807) is 4.90 Å². The van der Waals surface area contributed by atoms with Gasteiger partial charge in [0.05, 0.1) is 12.1 Å². The van der Waals surface area contributed by atoms with E-state index in [2.05, 4.69) is 0 Å². The molecule has 7 nitrogen and oxygen atoms in total. The first-order valence-corrected chi connectivity index (χ1v) is 11.1. The summed E-state index contributed by atoms with van der Waals surface area (Å²) in [6.45, 7) is 3.20. The number of rotatable bonds is 5. The van der Waals surface area contributed by atoms with Crippen molar-refractivity contribution in [3.8, 4) is 5.75 Å². The molecule has 1 fully saturated rings. The fourth-order valence-corrected chi connectivity index (χ4v) is 5.05. The van der Waals surface area contributed by atoms with Crippen molar-refractivity contribution in [1.29, 1.82) is 0 Å². The molecular weight excluding hydrogens is 396 g/mol. The lowest BCUT2D eigenvalue weighted by Crippen LogP contribution is -2.55. The van der Waals surface area contributed by atoms with Crippen molar-refractivity contribution in [2.75, 3.05) is 40.3 Å². The number of carbonyl (C=O) groups is 1. The highest BCUT2D eigenvalue weighted by molar-refractivity contribution is 5.86. The molecule has 2 aliphatic rings. The second kappa shape index (κ2) is 8.63. The lowest BCUT2D eigenvalue weighted by Gasteiger charge is -2.40. The Bertz CT molecular complexity index is 1040. The van der Waals surface area contributed by atoms with Crippen LogP contribution in [-0.2, 0) is 17.6 Å². The topological polar surface area (TPSA) is 83.2 Å². The molecule has 1 unspecified atom stereocenters. The molecule has 2 heterocycles. The minimum atomic E-state index is -0.890. The molecular formula is C24H32N2O5. The van der Waals surface area contributed by atoms with Crippen LogP contribution in [0.25, 0.3) is 11.0 Å². The molecule has 4 rings (SSSR count). The fourth-order valence-electron chi connectivity index (χ4n) is 5.05. The number of nitrogens with zero attached hydrogens (tertiary/aromatic N) is 2. The molecule has 1 aliphatic carbocycles. The lowest BCUT2D eigenvalue weighted by molar-refractivity contribution is -0.141. The Morgan fingerprint density at radius 3 is 2.71 bits per heavy atom. The van der Waals surface area contributed by atoms with Crippen LogP contribution in [0.3, 0.4) is 0 Å². The Morgan fingerprint density at radius 1 is 1.23 bits per heavy atom. The van der Waals surface area contributed by atoms with Gasteiger partial charge in [-0.25, -0.2) is 4.79 Å². The standard InChI is InChI=1S/C24H32N2O5/c1-16-20(10-9-18-17-7-4-5-8-19(17)23(28)31-22(16)18)30-13-21(27)26-12-6-11-24(29,15-26)14-25(2)3/h9-10,29H,4-8,11-15H2,1-3H3. The lowest BCUT2D eigenvalue weighted by atomic mass is 9.90. The summed E-state index contributed by atoms with van der Waals surface area (Å²) in [5.41, 5.74) is 2.03. The predicted octanol–water partition coefficient (Wildman–Crippen LogP) is 2.27. The molecule has 1 aromatic carbocycles. The highest BCUT2D eigenvalue weighted by atomic mass is 16.5. The number of aryl methyl sites for hydroxylation is 2. The number of aliphatic hydroxyl groups is 1. The van der Waals surface area contributed by atoms with Crippen LogP contribution in [0.15, 0.2) is 21.3 Å². The number of β-amino-alcohol motifs (C(OH)–C–C–N with tert-alkyl or cyclic N) is 1. The summed E-state index contributed by atoms with van der Waals surface area (Å²) >= 11 is 0. The van der Waals surface area contributed by atoms with Crippen LogP contribution in [0.5, 0.6) is 5.75 Å². The van der Waals surface area contributed by atoms with Crippen LogP contribution in [0.2, 0.25) is 0 Å². The SMILES string of the molecule is Cc1c(OCC(=O)N2CCCC(O)(CN(C)C)C2)ccc2c3c(c(=O)oc12)CCCC3. The second-order valence-electron chi connectivity index (χ2n) is 9.29. The summed E-state index contributed by atoms with van der Waals surface area (Å²) in [7, 11) is 3.83. The largest absolute Gasteiger partial charge is 0.483 e. The third-order valence-corrected chi connectivity index (χ3v) is 6.46. The van der Waals surface area contributed by atoms with Crippen LogP contribution in [-0.4, -0.2) is 66.8 Å². The highest BCUT2D eigenvalue weighted by Gasteiger charge is 2.35. The minimum Gasteiger partial charge on any atom is -0.483 e. The van der Waals surface area contributed by atoms with E-state index in [4.69, 9.17) is 9.15 Å². The van der Waals surface area contributed by atoms with Gasteiger partial charge in [0.2, 0.25) is 0 Å². The van der Waals surface area contributed by atoms with Gasteiger partial charge in [-0.15, -0.1) is 0 Å². The van der Waals surface area contributed by atoms with E-state index in [0.29, 0.717) is 37.4 Å². The van der Waals surface area contributed by atoms with E-state index in [0.717, 1.165) is 54.2 Å². The van der Waals surface area contributed by atoms with Crippen molar-refractivity contribution in [3.63, 3.8) is 0 Å². The zero-order chi connectivity index (χ0) is 22.2. The van der Waals surface area contributed by atoms with Crippen molar-refractivity contribution >= 4 is 16.9 Å². The number of hydrogen-bond donors (Lipinski definition) is 1. The third kappa shape index (κ3) is 4.48. The van der Waals surface area contributed by atoms with Gasteiger partial charge in [0, 0.05) is 29.6 Å². The molecule has 0 spiro atoms. The number of likely N-dealkylation sites (tertiary alicyclic amines) is 1. The van der Waals surface area contributed by atoms with Gasteiger partial charge in [0.25, 0.3) is 5.91 Å². The summed E-state index contributed by atoms with van der Waals surface area (Å²) in [6, 6.07) is 3.80. The van der Waals surface area contributed by atoms with Gasteiger partial charge in [0.15, 0.2) is 6.61 Å². The van der Waals surface area contributed by atoms with Crippen LogP contribution in [0, 0.1) is 6.92 Å². The monoisotopic (exact) mass is 428 g/mol. The summed E-state index contributed by atoms with van der Waals surface area (Å²) in [4.78, 5) is 28.8. The molecule has 0 bridgehead atoms. The molecule has 1 amide bonds. The number of likely N-dealkylation sites (N-methyl/N-ethyl adjacent to an activating group) is 1. The first-order chi connectivity index (χ1) is 14.8. The molecule has 1 aliphatic heterocycles. The van der Waals surface area contributed by atoms with Gasteiger partial charge in [-0.2, -0.15) is 0 Å². The second-order valence-corrected chi connectivity index (χ2v) is 9.29. The van der Waals surface area contributed by atoms with Crippen molar-refractivity contribution in [2.45, 2.75) is 51.0 Å². The molecule has 168 valence electrons. The maximum Gasteiger partial charge on any atom is 0.339 e. The zero-order valence-corrected chi connectivity index (χ0v) is 18.7. The first-order valence-electron chi connectivity index (χ1n) is 11.1. The fraction of sp³-hybridized carbons (Fsp3) is 0.583. The van der Waals surface area contributed by atoms with Crippen LogP contribution < -0.4 is 10.4 Å². The number of ether oxygens (including phenoxy) is 1. The predicted molar refractivity (Wildman–Crippen MR) is 119 cm³/mol. The number of piperidine rings is 1. The Hall–Kier alpha value is -2.38. The number of amides is 1. The van der Waals surface area contributed by atoms with Crippen molar-refractivity contribution in [3.05, 3.63) is 39.2 Å². The van der Waals surface area contributed by atoms with Crippen molar-refractivity contribution < 1.29 is 19.1 Å². The Kier molecular flexibility index (Phi) is 6.08. The number of carbonyl (C=O) groups excluding carboxylic acids is 1. The van der Waals surface area contributed by atoms with Gasteiger partial charge < -0.3 is 24.1 Å². The normalized spacial score (nSPS) is 21.4. The third-order valence-electron chi connectivity index (χ3n) is 6.46. The Morgan fingerprint density at radius 2 is 1.97 bits per heavy atom. The summed E-state index contributed by atoms with van der Waals surface area (Å²) in [5.74, 6) is 0.392. The van der Waals surface area contributed by atoms with E-state index in [-0.39, 0.29) is 18.1 Å². The van der Waals surface area contributed by atoms with Gasteiger partial charge >= 0.3 is 5.63 Å². The maximum atomic E-state index is 12.8. The summed E-state index contributed by atoms with van der Waals surface area (Å²) in [5, 5.41) is 11.8. The molecule has 1 atom stereocenters. The highest BCUT2D eigenvalue weighted by Crippen LogP contribution is 2.32. The molecule has 0 saturated carbocycles. The van der Waals surface area contributed by atoms with E-state index in [1.807, 2.05) is 38.1 Å². The Labute approximate surface area is 182 Å². The molecule has 31 heavy (non-hydrogen) atoms. The summed E-state index contributed by atoms with van der Waals surface area (Å²) in [6.07, 6.45) is 5.21. The maximum absolute atomic E-state index is 12.8. The average Bonchev–Trinajstić information content (AvgIpc) is 2.73. The first kappa shape index (κ1) is 21.8. The van der Waals surface area contributed by atoms with Gasteiger partial charge in [0.1, 0.15) is 11.3 Å². The average molecular weight is 429 g/mol. The van der Waals surface area contributed by atoms with Crippen molar-refractivity contribution in [2.24, 2.45) is 0 Å². The van der Waals surface area contributed by atoms with E-state index >= 15 is 0 Å². The quantitative estimate of drug-likeness (QED) is 0.736. The van der Waals surface area contributed by atoms with Crippen LogP contribution in [0.1, 0.15) is 42.4 Å². The molecule has 7 heteroatoms. The van der Waals surface area contributed by atoms with Crippen LogP contribution >= 0.6 is 0 Å². The van der Waals surface area contributed by atoms with Crippen LogP contribution in [0.4, 0.5) is 0 Å². The smallest absolute Gasteiger partial charge is 0.339 e. The molecule has 1 aromatic heterocycles. The van der Waals surface area contributed by atoms with E-state index < -0.39 is 5.60 Å². The summed E-state index contributed by atoms with van der Waals surface area (Å²) < 4.78 is 11.5. The van der Waals surface area contributed by atoms with Gasteiger partial charge in [-0.1, -0.05) is 0 Å². The van der Waals surface area contributed by atoms with Gasteiger partial charge in [-0.3, -0.25) is 4.79 Å². The molecule has 1 N–H and O–H groups in total. The number of benzene rings is 1. The van der Waals surface area contributed by atoms with E-state index in [9.17, 15) is 14.7 Å². The molecule has 2 aromatic rings. The van der Waals surface area contributed by atoms with E-state index in [1.165, 1.54) is 0 Å². The van der Waals surface area contributed by atoms with Crippen molar-refractivity contribution in [1.82, 2.24) is 9.80 Å². The minimum absolute atomic E-state index is 0.112. The molecule has 0 radical (unpaired) electrons. The molecule has 1 saturated heterocycles. The Balaban J connectivity index is 1.50. The number of hydrogen-bond acceptors (Lipinski definition) is 6. The zero-order valence-electron chi connectivity index (χ0n) is 18.7. The number of fused-ring (bicyclic) bond motifs is 3.